The molecule has 0 unspecified atom stereocenters. The molecule has 192 valence electrons. The Morgan fingerprint density at radius 3 is 2.23 bits per heavy atom. The van der Waals surface area contributed by atoms with Gasteiger partial charge in [-0.1, -0.05) is 6.07 Å². The summed E-state index contributed by atoms with van der Waals surface area (Å²) in [6.07, 6.45) is -15.9. The minimum atomic E-state index is -5.78. The molecule has 2 aliphatic rings. The van der Waals surface area contributed by atoms with Crippen LogP contribution in [-0.4, -0.2) is 73.3 Å². The third-order valence-corrected chi connectivity index (χ3v) is 5.36. The van der Waals surface area contributed by atoms with E-state index in [0.717, 1.165) is 17.7 Å². The van der Waals surface area contributed by atoms with Crippen molar-refractivity contribution < 1.29 is 50.1 Å². The van der Waals surface area contributed by atoms with Crippen LogP contribution in [0, 0.1) is 17.2 Å². The fourth-order valence-corrected chi connectivity index (χ4v) is 3.30. The molecular formula is C21H21F6N3O5. The van der Waals surface area contributed by atoms with E-state index in [2.05, 4.69) is 4.74 Å². The van der Waals surface area contributed by atoms with E-state index in [9.17, 15) is 35.9 Å². The van der Waals surface area contributed by atoms with Crippen LogP contribution in [0.25, 0.3) is 0 Å². The topological polar surface area (TPSA) is 92.1 Å². The Bertz CT molecular complexity index is 952. The molecule has 0 spiro atoms. The van der Waals surface area contributed by atoms with Crippen molar-refractivity contribution >= 4 is 12.1 Å². The van der Waals surface area contributed by atoms with Crippen molar-refractivity contribution in [3.05, 3.63) is 29.3 Å². The fraction of sp³-hybridized carbons (Fsp3) is 0.571. The van der Waals surface area contributed by atoms with Crippen molar-refractivity contribution in [3.63, 3.8) is 0 Å². The van der Waals surface area contributed by atoms with Crippen molar-refractivity contribution in [2.24, 2.45) is 5.92 Å². The summed E-state index contributed by atoms with van der Waals surface area (Å²) in [5.74, 6) is -0.203. The molecule has 1 saturated heterocycles. The Labute approximate surface area is 195 Å². The summed E-state index contributed by atoms with van der Waals surface area (Å²) in [5, 5.41) is 9.12. The van der Waals surface area contributed by atoms with Crippen molar-refractivity contribution in [1.82, 2.24) is 9.80 Å². The quantitative estimate of drug-likeness (QED) is 0.315. The molecule has 0 N–H and O–H groups in total. The summed E-state index contributed by atoms with van der Waals surface area (Å²) in [6, 6.07) is 6.58. The lowest BCUT2D eigenvalue weighted by molar-refractivity contribution is -0.308. The van der Waals surface area contributed by atoms with Gasteiger partial charge in [-0.25, -0.2) is 4.79 Å². The van der Waals surface area contributed by atoms with E-state index in [1.165, 1.54) is 6.07 Å². The molecule has 0 atom stereocenters. The maximum Gasteiger partial charge on any atom is 0.434 e. The van der Waals surface area contributed by atoms with Gasteiger partial charge in [-0.05, 0) is 25.0 Å². The number of alkyl halides is 6. The second-order valence-electron chi connectivity index (χ2n) is 8.04. The van der Waals surface area contributed by atoms with Gasteiger partial charge in [-0.15, -0.1) is 0 Å². The normalized spacial score (nSPS) is 17.1. The maximum absolute atomic E-state index is 12.6. The molecule has 2 fully saturated rings. The Hall–Kier alpha value is -3.21. The molecule has 1 aliphatic carbocycles. The number of amides is 1. The molecule has 0 radical (unpaired) electrons. The van der Waals surface area contributed by atoms with Crippen LogP contribution in [0.1, 0.15) is 24.0 Å². The second kappa shape index (κ2) is 10.6. The Morgan fingerprint density at radius 1 is 1.06 bits per heavy atom. The van der Waals surface area contributed by atoms with Gasteiger partial charge in [0, 0.05) is 38.3 Å². The van der Waals surface area contributed by atoms with Gasteiger partial charge in [0.15, 0.2) is 0 Å². The van der Waals surface area contributed by atoms with Crippen LogP contribution < -0.4 is 4.74 Å². The van der Waals surface area contributed by atoms with E-state index in [0.29, 0.717) is 11.1 Å². The van der Waals surface area contributed by atoms with Gasteiger partial charge < -0.3 is 19.1 Å². The Kier molecular flexibility index (Phi) is 7.99. The van der Waals surface area contributed by atoms with Crippen LogP contribution >= 0.6 is 0 Å². The predicted octanol–water partition coefficient (Wildman–Crippen LogP) is 3.60. The monoisotopic (exact) mass is 509 g/mol. The van der Waals surface area contributed by atoms with Gasteiger partial charge >= 0.3 is 24.4 Å². The first-order valence-corrected chi connectivity index (χ1v) is 10.5. The Balaban J connectivity index is 1.55. The molecule has 1 aromatic rings. The lowest BCUT2D eigenvalue weighted by atomic mass is 10.1. The minimum Gasteiger partial charge on any atom is -0.457 e. The van der Waals surface area contributed by atoms with Gasteiger partial charge in [-0.3, -0.25) is 9.69 Å². The summed E-state index contributed by atoms with van der Waals surface area (Å²) >= 11 is 0. The number of rotatable bonds is 7. The van der Waals surface area contributed by atoms with Gasteiger partial charge in [0.05, 0.1) is 17.6 Å². The molecule has 35 heavy (non-hydrogen) atoms. The number of nitriles is 1. The van der Waals surface area contributed by atoms with E-state index < -0.39 is 24.5 Å². The van der Waals surface area contributed by atoms with Crippen LogP contribution in [0.3, 0.4) is 0 Å². The van der Waals surface area contributed by atoms with Crippen LogP contribution in [-0.2, 0) is 20.8 Å². The first kappa shape index (κ1) is 26.4. The number of nitrogens with zero attached hydrogens (tertiary/aromatic N) is 3. The lowest BCUT2D eigenvalue weighted by Crippen LogP contribution is -2.52. The number of ether oxygens (including phenoxy) is 3. The van der Waals surface area contributed by atoms with Crippen molar-refractivity contribution in [2.75, 3.05) is 33.0 Å². The first-order chi connectivity index (χ1) is 16.4. The average Bonchev–Trinajstić information content (AvgIpc) is 3.63. The summed E-state index contributed by atoms with van der Waals surface area (Å²) in [5.41, 5.74) is 0.908. The van der Waals surface area contributed by atoms with Crippen LogP contribution in [0.4, 0.5) is 31.1 Å². The molecule has 1 saturated carbocycles. The van der Waals surface area contributed by atoms with Gasteiger partial charge in [-0.2, -0.15) is 31.6 Å². The van der Waals surface area contributed by atoms with E-state index in [-0.39, 0.29) is 57.2 Å². The van der Waals surface area contributed by atoms with E-state index in [1.807, 2.05) is 6.07 Å². The number of esters is 1. The zero-order valence-corrected chi connectivity index (χ0v) is 18.2. The van der Waals surface area contributed by atoms with Gasteiger partial charge in [0.1, 0.15) is 5.75 Å². The summed E-state index contributed by atoms with van der Waals surface area (Å²) in [7, 11) is 0. The Morgan fingerprint density at radius 2 is 1.69 bits per heavy atom. The highest BCUT2D eigenvalue weighted by Crippen LogP contribution is 2.36. The molecule has 0 bridgehead atoms. The molecule has 1 aliphatic heterocycles. The van der Waals surface area contributed by atoms with E-state index in [1.54, 1.807) is 17.0 Å². The molecule has 0 aromatic heterocycles. The molecule has 14 heteroatoms. The highest BCUT2D eigenvalue weighted by Gasteiger charge is 2.60. The zero-order chi connectivity index (χ0) is 25.8. The predicted molar refractivity (Wildman–Crippen MR) is 105 cm³/mol. The molecular weight excluding hydrogens is 488 g/mol. The molecule has 1 aromatic carbocycles. The van der Waals surface area contributed by atoms with Crippen molar-refractivity contribution in [3.8, 4) is 11.8 Å². The number of carbonyl (C=O) groups excluding carboxylic acids is 2. The van der Waals surface area contributed by atoms with Crippen LogP contribution in [0.5, 0.6) is 5.75 Å². The number of hydrogen-bond acceptors (Lipinski definition) is 7. The molecule has 1 amide bonds. The third-order valence-electron chi connectivity index (χ3n) is 5.36. The van der Waals surface area contributed by atoms with Crippen molar-refractivity contribution in [1.29, 1.82) is 5.26 Å². The van der Waals surface area contributed by atoms with E-state index in [4.69, 9.17) is 14.7 Å². The number of carbonyl (C=O) groups is 2. The fourth-order valence-electron chi connectivity index (χ4n) is 3.30. The standard InChI is InChI=1S/C21H21F6N3O5/c22-20(23,24)18(21(25,26)27)35-19(32)30-7-5-29(6-8-30)11-15-2-1-13(10-28)9-16(15)33-12-34-17(31)14-3-4-14/h1-2,9,14,18H,3-8,11-12H2. The van der Waals surface area contributed by atoms with Crippen LogP contribution in [0.2, 0.25) is 0 Å². The van der Waals surface area contributed by atoms with Crippen molar-refractivity contribution in [2.45, 2.75) is 37.8 Å². The van der Waals surface area contributed by atoms with Gasteiger partial charge in [0.2, 0.25) is 6.79 Å². The summed E-state index contributed by atoms with van der Waals surface area (Å²) in [4.78, 5) is 26.1. The SMILES string of the molecule is N#Cc1ccc(CN2CCN(C(=O)OC(C(F)(F)F)C(F)(F)F)CC2)c(OCOC(=O)C2CC2)c1. The smallest absolute Gasteiger partial charge is 0.434 e. The lowest BCUT2D eigenvalue weighted by Gasteiger charge is -2.35. The number of benzene rings is 1. The largest absolute Gasteiger partial charge is 0.457 e. The van der Waals surface area contributed by atoms with Gasteiger partial charge in [0.25, 0.3) is 6.10 Å². The van der Waals surface area contributed by atoms with Crippen LogP contribution in [0.15, 0.2) is 18.2 Å². The number of halogens is 6. The average molecular weight is 509 g/mol. The molecule has 8 nitrogen and oxygen atoms in total. The highest BCUT2D eigenvalue weighted by atomic mass is 19.4. The summed E-state index contributed by atoms with van der Waals surface area (Å²) < 4.78 is 90.1. The summed E-state index contributed by atoms with van der Waals surface area (Å²) in [6.45, 7) is -0.161. The second-order valence-corrected chi connectivity index (χ2v) is 8.04. The highest BCUT2D eigenvalue weighted by molar-refractivity contribution is 5.74. The first-order valence-electron chi connectivity index (χ1n) is 10.5. The number of piperazine rings is 1. The molecule has 1 heterocycles. The van der Waals surface area contributed by atoms with E-state index >= 15 is 0 Å². The number of hydrogen-bond donors (Lipinski definition) is 0. The zero-order valence-electron chi connectivity index (χ0n) is 18.2. The minimum absolute atomic E-state index is 0.117. The third kappa shape index (κ3) is 7.38. The maximum atomic E-state index is 12.6. The molecule has 3 rings (SSSR count).